The summed E-state index contributed by atoms with van der Waals surface area (Å²) in [6.45, 7) is 0.831. The largest absolute Gasteiger partial charge is 0.379 e. The Morgan fingerprint density at radius 1 is 1.33 bits per heavy atom. The third kappa shape index (κ3) is 3.09. The Hall–Kier alpha value is -0.260. The minimum Gasteiger partial charge on any atom is -0.379 e. The summed E-state index contributed by atoms with van der Waals surface area (Å²) in [5, 5.41) is 6.17. The van der Waals surface area contributed by atoms with Gasteiger partial charge in [-0.25, -0.2) is 0 Å². The van der Waals surface area contributed by atoms with Crippen LogP contribution in [-0.2, 0) is 6.54 Å². The van der Waals surface area contributed by atoms with E-state index in [0.717, 1.165) is 20.8 Å². The van der Waals surface area contributed by atoms with E-state index in [-0.39, 0.29) is 0 Å². The molecule has 0 radical (unpaired) electrons. The first-order chi connectivity index (χ1) is 7.25. The molecule has 0 fully saturated rings. The third-order valence-electron chi connectivity index (χ3n) is 1.96. The van der Waals surface area contributed by atoms with E-state index in [0.29, 0.717) is 0 Å². The monoisotopic (exact) mass is 349 g/mol. The maximum atomic E-state index is 6.11. The van der Waals surface area contributed by atoms with Crippen molar-refractivity contribution in [2.75, 3.05) is 5.32 Å². The lowest BCUT2D eigenvalue weighted by Gasteiger charge is -2.07. The molecular formula is C11H9ClINS. The lowest BCUT2D eigenvalue weighted by Crippen LogP contribution is -1.97. The van der Waals surface area contributed by atoms with Gasteiger partial charge in [-0.3, -0.25) is 0 Å². The Morgan fingerprint density at radius 2 is 2.20 bits per heavy atom. The van der Waals surface area contributed by atoms with Crippen molar-refractivity contribution in [3.8, 4) is 0 Å². The fourth-order valence-electron chi connectivity index (χ4n) is 1.23. The molecular weight excluding hydrogens is 341 g/mol. The second-order valence-electron chi connectivity index (χ2n) is 3.06. The highest BCUT2D eigenvalue weighted by molar-refractivity contribution is 14.1. The van der Waals surface area contributed by atoms with Crippen LogP contribution in [-0.4, -0.2) is 0 Å². The third-order valence-corrected chi connectivity index (χ3v) is 3.82. The van der Waals surface area contributed by atoms with E-state index < -0.39 is 0 Å². The number of benzene rings is 1. The lowest BCUT2D eigenvalue weighted by molar-refractivity contribution is 1.19. The number of hydrogen-bond acceptors (Lipinski definition) is 2. The summed E-state index contributed by atoms with van der Waals surface area (Å²) < 4.78 is 1.15. The zero-order chi connectivity index (χ0) is 10.7. The molecule has 0 amide bonds. The standard InChI is InChI=1S/C11H9ClINS/c12-10-6-8(13)3-4-11(10)14-7-9-2-1-5-15-9/h1-6,14H,7H2. The minimum absolute atomic E-state index is 0.776. The van der Waals surface area contributed by atoms with Gasteiger partial charge in [0.05, 0.1) is 10.7 Å². The molecule has 15 heavy (non-hydrogen) atoms. The predicted molar refractivity (Wildman–Crippen MR) is 75.8 cm³/mol. The van der Waals surface area contributed by atoms with Gasteiger partial charge in [-0.15, -0.1) is 11.3 Å². The smallest absolute Gasteiger partial charge is 0.0648 e. The molecule has 1 N–H and O–H groups in total. The van der Waals surface area contributed by atoms with Crippen LogP contribution in [0.15, 0.2) is 35.7 Å². The van der Waals surface area contributed by atoms with Crippen LogP contribution in [0.5, 0.6) is 0 Å². The van der Waals surface area contributed by atoms with Gasteiger partial charge in [-0.2, -0.15) is 0 Å². The Morgan fingerprint density at radius 3 is 2.87 bits per heavy atom. The van der Waals surface area contributed by atoms with Gasteiger partial charge < -0.3 is 5.32 Å². The second kappa shape index (κ2) is 5.18. The van der Waals surface area contributed by atoms with Gasteiger partial charge in [0.2, 0.25) is 0 Å². The van der Waals surface area contributed by atoms with E-state index in [1.54, 1.807) is 11.3 Å². The molecule has 78 valence electrons. The summed E-state index contributed by atoms with van der Waals surface area (Å²) >= 11 is 10.1. The van der Waals surface area contributed by atoms with Crippen LogP contribution in [0.2, 0.25) is 5.02 Å². The SMILES string of the molecule is Clc1cc(I)ccc1NCc1cccs1. The van der Waals surface area contributed by atoms with Gasteiger partial charge in [-0.1, -0.05) is 17.7 Å². The molecule has 2 rings (SSSR count). The Labute approximate surface area is 112 Å². The van der Waals surface area contributed by atoms with Gasteiger partial charge >= 0.3 is 0 Å². The zero-order valence-corrected chi connectivity index (χ0v) is 11.6. The molecule has 1 aromatic carbocycles. The molecule has 0 aliphatic heterocycles. The summed E-state index contributed by atoms with van der Waals surface area (Å²) in [5.74, 6) is 0. The van der Waals surface area contributed by atoms with Gasteiger partial charge in [0.15, 0.2) is 0 Å². The average Bonchev–Trinajstić information content (AvgIpc) is 2.69. The van der Waals surface area contributed by atoms with E-state index in [1.165, 1.54) is 4.88 Å². The van der Waals surface area contributed by atoms with E-state index in [9.17, 15) is 0 Å². The first-order valence-electron chi connectivity index (χ1n) is 4.47. The highest BCUT2D eigenvalue weighted by Gasteiger charge is 2.00. The minimum atomic E-state index is 0.776. The molecule has 0 aliphatic rings. The summed E-state index contributed by atoms with van der Waals surface area (Å²) in [4.78, 5) is 1.31. The van der Waals surface area contributed by atoms with E-state index >= 15 is 0 Å². The van der Waals surface area contributed by atoms with Crippen molar-refractivity contribution < 1.29 is 0 Å². The number of hydrogen-bond donors (Lipinski definition) is 1. The lowest BCUT2D eigenvalue weighted by atomic mass is 10.3. The predicted octanol–water partition coefficient (Wildman–Crippen LogP) is 4.62. The first-order valence-corrected chi connectivity index (χ1v) is 6.80. The Kier molecular flexibility index (Phi) is 3.88. The number of thiophene rings is 1. The molecule has 2 aromatic rings. The van der Waals surface area contributed by atoms with Crippen LogP contribution in [0.3, 0.4) is 0 Å². The maximum absolute atomic E-state index is 6.11. The van der Waals surface area contributed by atoms with Crippen molar-refractivity contribution in [1.29, 1.82) is 0 Å². The molecule has 0 saturated heterocycles. The molecule has 1 nitrogen and oxygen atoms in total. The van der Waals surface area contributed by atoms with Crippen LogP contribution in [0, 0.1) is 3.57 Å². The number of nitrogens with one attached hydrogen (secondary N) is 1. The zero-order valence-electron chi connectivity index (χ0n) is 7.84. The van der Waals surface area contributed by atoms with E-state index in [2.05, 4.69) is 45.4 Å². The molecule has 1 heterocycles. The first kappa shape index (κ1) is 11.2. The summed E-state index contributed by atoms with van der Waals surface area (Å²) in [6.07, 6.45) is 0. The van der Waals surface area contributed by atoms with Crippen LogP contribution < -0.4 is 5.32 Å². The van der Waals surface area contributed by atoms with Crippen molar-refractivity contribution in [2.45, 2.75) is 6.54 Å². The normalized spacial score (nSPS) is 10.3. The fraction of sp³-hybridized carbons (Fsp3) is 0.0909. The highest BCUT2D eigenvalue weighted by Crippen LogP contribution is 2.24. The van der Waals surface area contributed by atoms with Gasteiger partial charge in [-0.05, 0) is 52.2 Å². The second-order valence-corrected chi connectivity index (χ2v) is 5.74. The van der Waals surface area contributed by atoms with Crippen LogP contribution >= 0.6 is 45.5 Å². The van der Waals surface area contributed by atoms with Gasteiger partial charge in [0.1, 0.15) is 0 Å². The topological polar surface area (TPSA) is 12.0 Å². The van der Waals surface area contributed by atoms with Crippen molar-refractivity contribution >= 4 is 51.2 Å². The maximum Gasteiger partial charge on any atom is 0.0648 e. The van der Waals surface area contributed by atoms with Crippen molar-refractivity contribution in [2.24, 2.45) is 0 Å². The number of rotatable bonds is 3. The molecule has 0 atom stereocenters. The van der Waals surface area contributed by atoms with E-state index in [1.807, 2.05) is 18.2 Å². The Balaban J connectivity index is 2.05. The summed E-state index contributed by atoms with van der Waals surface area (Å²) in [7, 11) is 0. The number of anilines is 1. The molecule has 0 bridgehead atoms. The van der Waals surface area contributed by atoms with Crippen LogP contribution in [0.1, 0.15) is 4.88 Å². The molecule has 1 aromatic heterocycles. The number of halogens is 2. The van der Waals surface area contributed by atoms with Gasteiger partial charge in [0, 0.05) is 15.0 Å². The molecule has 0 saturated carbocycles. The average molecular weight is 350 g/mol. The quantitative estimate of drug-likeness (QED) is 0.797. The fourth-order valence-corrected chi connectivity index (χ4v) is 2.80. The van der Waals surface area contributed by atoms with Crippen LogP contribution in [0.4, 0.5) is 5.69 Å². The van der Waals surface area contributed by atoms with Crippen molar-refractivity contribution in [3.63, 3.8) is 0 Å². The van der Waals surface area contributed by atoms with E-state index in [4.69, 9.17) is 11.6 Å². The highest BCUT2D eigenvalue weighted by atomic mass is 127. The molecule has 0 aliphatic carbocycles. The summed E-state index contributed by atoms with van der Waals surface area (Å²) in [6, 6.07) is 10.2. The molecule has 4 heteroatoms. The van der Waals surface area contributed by atoms with Gasteiger partial charge in [0.25, 0.3) is 0 Å². The molecule has 0 unspecified atom stereocenters. The van der Waals surface area contributed by atoms with Crippen LogP contribution in [0.25, 0.3) is 0 Å². The van der Waals surface area contributed by atoms with Crippen molar-refractivity contribution in [1.82, 2.24) is 0 Å². The summed E-state index contributed by atoms with van der Waals surface area (Å²) in [5.41, 5.74) is 0.991. The Bertz CT molecular complexity index is 442. The molecule has 0 spiro atoms. The van der Waals surface area contributed by atoms with Crippen molar-refractivity contribution in [3.05, 3.63) is 49.2 Å².